The summed E-state index contributed by atoms with van der Waals surface area (Å²) in [5.74, 6) is 0.347. The summed E-state index contributed by atoms with van der Waals surface area (Å²) in [5, 5.41) is 1.15. The largest absolute Gasteiger partial charge is 0.350 e. The number of hydrogen-bond acceptors (Lipinski definition) is 2. The Bertz CT molecular complexity index is 736. The summed E-state index contributed by atoms with van der Waals surface area (Å²) in [4.78, 5) is 18.4. The van der Waals surface area contributed by atoms with Gasteiger partial charge >= 0.3 is 0 Å². The minimum Gasteiger partial charge on any atom is -0.350 e. The quantitative estimate of drug-likeness (QED) is 0.699. The number of nitrogens with one attached hydrogen (secondary N) is 1. The molecule has 2 aromatic heterocycles. The lowest BCUT2D eigenvalue weighted by atomic mass is 10.1. The van der Waals surface area contributed by atoms with Crippen molar-refractivity contribution in [3.63, 3.8) is 0 Å². The summed E-state index contributed by atoms with van der Waals surface area (Å²) in [5.41, 5.74) is 3.09. The Balaban J connectivity index is 2.22. The smallest absolute Gasteiger partial charge is 0.194 e. The second kappa shape index (κ2) is 3.84. The predicted molar refractivity (Wildman–Crippen MR) is 70.5 cm³/mol. The molecule has 3 aromatic rings. The summed E-state index contributed by atoms with van der Waals surface area (Å²) in [7, 11) is 2.01. The first-order valence-corrected chi connectivity index (χ1v) is 5.77. The molecule has 0 aliphatic rings. The number of Topliss-reactive ketones (excluding diaryl/α,β-unsaturated/α-hetero) is 1. The number of rotatable bonds is 2. The number of ketones is 1. The Morgan fingerprint density at radius 1 is 1.33 bits per heavy atom. The monoisotopic (exact) mass is 239 g/mol. The number of aromatic amines is 1. The Hall–Kier alpha value is -2.36. The van der Waals surface area contributed by atoms with Crippen molar-refractivity contribution in [1.29, 1.82) is 0 Å². The van der Waals surface area contributed by atoms with E-state index in [1.807, 2.05) is 25.4 Å². The van der Waals surface area contributed by atoms with Crippen LogP contribution in [0.5, 0.6) is 0 Å². The normalized spacial score (nSPS) is 11.0. The zero-order valence-corrected chi connectivity index (χ0v) is 10.3. The topological polar surface area (TPSA) is 50.7 Å². The van der Waals surface area contributed by atoms with Crippen LogP contribution in [0.3, 0.4) is 0 Å². The Morgan fingerprint density at radius 2 is 2.11 bits per heavy atom. The highest BCUT2D eigenvalue weighted by molar-refractivity contribution is 5.96. The van der Waals surface area contributed by atoms with Gasteiger partial charge in [0.25, 0.3) is 0 Å². The molecule has 0 saturated carbocycles. The first kappa shape index (κ1) is 10.8. The maximum Gasteiger partial charge on any atom is 0.194 e. The lowest BCUT2D eigenvalue weighted by Gasteiger charge is -1.94. The predicted octanol–water partition coefficient (Wildman–Crippen LogP) is 2.77. The van der Waals surface area contributed by atoms with E-state index in [2.05, 4.69) is 26.7 Å². The average Bonchev–Trinajstić information content (AvgIpc) is 2.95. The zero-order chi connectivity index (χ0) is 12.7. The molecule has 0 spiro atoms. The number of aromatic nitrogens is 3. The van der Waals surface area contributed by atoms with Gasteiger partial charge < -0.3 is 9.55 Å². The van der Waals surface area contributed by atoms with Crippen molar-refractivity contribution in [2.45, 2.75) is 6.92 Å². The van der Waals surface area contributed by atoms with E-state index in [1.54, 1.807) is 6.20 Å². The number of para-hydroxylation sites is 1. The fourth-order valence-corrected chi connectivity index (χ4v) is 2.19. The molecule has 0 aliphatic heterocycles. The highest BCUT2D eigenvalue weighted by atomic mass is 16.1. The van der Waals surface area contributed by atoms with Crippen molar-refractivity contribution in [1.82, 2.24) is 14.5 Å². The summed E-state index contributed by atoms with van der Waals surface area (Å²) >= 11 is 0. The molecule has 4 heteroatoms. The fourth-order valence-electron chi connectivity index (χ4n) is 2.19. The first-order valence-electron chi connectivity index (χ1n) is 5.77. The maximum absolute atomic E-state index is 11.3. The summed E-state index contributed by atoms with van der Waals surface area (Å²) in [6.45, 7) is 1.51. The van der Waals surface area contributed by atoms with E-state index in [1.165, 1.54) is 6.92 Å². The molecule has 0 amide bonds. The molecule has 18 heavy (non-hydrogen) atoms. The van der Waals surface area contributed by atoms with Crippen LogP contribution < -0.4 is 0 Å². The molecule has 3 rings (SSSR count). The standard InChI is InChI=1S/C14H13N3O/c1-9(18)14-15-7-12(16-14)11-8-17(2)13-6-4-3-5-10(11)13/h3-8H,1-2H3,(H,15,16). The van der Waals surface area contributed by atoms with Crippen molar-refractivity contribution in [2.24, 2.45) is 7.05 Å². The van der Waals surface area contributed by atoms with Crippen LogP contribution in [0.15, 0.2) is 36.7 Å². The third-order valence-corrected chi connectivity index (χ3v) is 3.10. The highest BCUT2D eigenvalue weighted by Gasteiger charge is 2.11. The van der Waals surface area contributed by atoms with E-state index >= 15 is 0 Å². The number of carbonyl (C=O) groups excluding carboxylic acids is 1. The van der Waals surface area contributed by atoms with Crippen LogP contribution in [0, 0.1) is 0 Å². The number of carbonyl (C=O) groups is 1. The van der Waals surface area contributed by atoms with Crippen LogP contribution in [0.1, 0.15) is 17.5 Å². The molecule has 2 heterocycles. The van der Waals surface area contributed by atoms with E-state index in [9.17, 15) is 4.79 Å². The van der Waals surface area contributed by atoms with Crippen molar-refractivity contribution in [2.75, 3.05) is 0 Å². The first-order chi connectivity index (χ1) is 8.66. The van der Waals surface area contributed by atoms with Crippen molar-refractivity contribution in [3.8, 4) is 11.3 Å². The Labute approximate surface area is 104 Å². The SMILES string of the molecule is CC(=O)c1ncc(-c2cn(C)c3ccccc23)[nH]1. The van der Waals surface area contributed by atoms with Gasteiger partial charge in [-0.1, -0.05) is 18.2 Å². The van der Waals surface area contributed by atoms with Crippen molar-refractivity contribution >= 4 is 16.7 Å². The number of H-pyrrole nitrogens is 1. The Morgan fingerprint density at radius 3 is 2.83 bits per heavy atom. The van der Waals surface area contributed by atoms with Gasteiger partial charge in [0.1, 0.15) is 0 Å². The van der Waals surface area contributed by atoms with Crippen LogP contribution >= 0.6 is 0 Å². The van der Waals surface area contributed by atoms with Gasteiger partial charge in [-0.15, -0.1) is 0 Å². The van der Waals surface area contributed by atoms with Gasteiger partial charge in [-0.05, 0) is 6.07 Å². The van der Waals surface area contributed by atoms with Gasteiger partial charge in [-0.3, -0.25) is 4.79 Å². The van der Waals surface area contributed by atoms with Crippen LogP contribution in [-0.4, -0.2) is 20.3 Å². The van der Waals surface area contributed by atoms with Gasteiger partial charge in [0.15, 0.2) is 11.6 Å². The van der Waals surface area contributed by atoms with Gasteiger partial charge in [0.2, 0.25) is 0 Å². The molecule has 0 radical (unpaired) electrons. The molecule has 0 atom stereocenters. The van der Waals surface area contributed by atoms with Crippen molar-refractivity contribution < 1.29 is 4.79 Å². The number of hydrogen-bond donors (Lipinski definition) is 1. The maximum atomic E-state index is 11.3. The van der Waals surface area contributed by atoms with E-state index in [0.717, 1.165) is 22.2 Å². The molecule has 0 bridgehead atoms. The molecule has 4 nitrogen and oxygen atoms in total. The lowest BCUT2D eigenvalue weighted by molar-refractivity contribution is 0.100. The second-order valence-electron chi connectivity index (χ2n) is 4.37. The number of aryl methyl sites for hydroxylation is 1. The minimum atomic E-state index is -0.0542. The molecule has 90 valence electrons. The third-order valence-electron chi connectivity index (χ3n) is 3.10. The molecule has 0 saturated heterocycles. The number of fused-ring (bicyclic) bond motifs is 1. The molecule has 1 N–H and O–H groups in total. The van der Waals surface area contributed by atoms with Crippen LogP contribution in [0.2, 0.25) is 0 Å². The second-order valence-corrected chi connectivity index (χ2v) is 4.37. The number of benzene rings is 1. The molecule has 0 aliphatic carbocycles. The molecule has 0 fully saturated rings. The molecule has 1 aromatic carbocycles. The Kier molecular flexibility index (Phi) is 2.30. The van der Waals surface area contributed by atoms with Crippen LogP contribution in [0.4, 0.5) is 0 Å². The number of nitrogens with zero attached hydrogens (tertiary/aromatic N) is 2. The molecular weight excluding hydrogens is 226 g/mol. The van der Waals surface area contributed by atoms with Crippen LogP contribution in [0.25, 0.3) is 22.2 Å². The van der Waals surface area contributed by atoms with Crippen molar-refractivity contribution in [3.05, 3.63) is 42.5 Å². The fraction of sp³-hybridized carbons (Fsp3) is 0.143. The summed E-state index contributed by atoms with van der Waals surface area (Å²) < 4.78 is 2.07. The summed E-state index contributed by atoms with van der Waals surface area (Å²) in [6.07, 6.45) is 3.75. The van der Waals surface area contributed by atoms with Gasteiger partial charge in [0, 0.05) is 36.6 Å². The van der Waals surface area contributed by atoms with Gasteiger partial charge in [-0.25, -0.2) is 4.98 Å². The molecular formula is C14H13N3O. The van der Waals surface area contributed by atoms with E-state index < -0.39 is 0 Å². The van der Waals surface area contributed by atoms with E-state index in [-0.39, 0.29) is 5.78 Å². The van der Waals surface area contributed by atoms with Gasteiger partial charge in [0.05, 0.1) is 11.9 Å². The third kappa shape index (κ3) is 1.54. The minimum absolute atomic E-state index is 0.0542. The van der Waals surface area contributed by atoms with E-state index in [4.69, 9.17) is 0 Å². The van der Waals surface area contributed by atoms with Gasteiger partial charge in [-0.2, -0.15) is 0 Å². The number of imidazole rings is 1. The zero-order valence-electron chi connectivity index (χ0n) is 10.3. The lowest BCUT2D eigenvalue weighted by Crippen LogP contribution is -1.93. The van der Waals surface area contributed by atoms with E-state index in [0.29, 0.717) is 5.82 Å². The highest BCUT2D eigenvalue weighted by Crippen LogP contribution is 2.28. The summed E-state index contributed by atoms with van der Waals surface area (Å²) in [6, 6.07) is 8.16. The average molecular weight is 239 g/mol. The molecule has 0 unspecified atom stereocenters. The van der Waals surface area contributed by atoms with Crippen LogP contribution in [-0.2, 0) is 7.05 Å².